The number of carboxylic acid groups (broad SMARTS) is 1. The Hall–Kier alpha value is -3.05. The number of aromatic nitrogens is 3. The maximum atomic E-state index is 13.0. The van der Waals surface area contributed by atoms with Crippen LogP contribution in [0.15, 0.2) is 36.7 Å². The molecule has 1 unspecified atom stereocenters. The molecular weight excluding hydrogens is 469 g/mol. The van der Waals surface area contributed by atoms with Gasteiger partial charge in [0.25, 0.3) is 0 Å². The summed E-state index contributed by atoms with van der Waals surface area (Å²) in [5.74, 6) is -0.839. The first-order valence-corrected chi connectivity index (χ1v) is 11.6. The number of hydrogen-bond donors (Lipinski definition) is 3. The van der Waals surface area contributed by atoms with Crippen molar-refractivity contribution in [2.24, 2.45) is 11.8 Å². The molecule has 1 aliphatic carbocycles. The van der Waals surface area contributed by atoms with Crippen molar-refractivity contribution in [1.82, 2.24) is 15.0 Å². The van der Waals surface area contributed by atoms with Crippen LogP contribution >= 0.6 is 11.3 Å². The third kappa shape index (κ3) is 5.53. The van der Waals surface area contributed by atoms with Gasteiger partial charge in [0.2, 0.25) is 0 Å². The molecular formula is C23H23F3N4O3S. The Bertz CT molecular complexity index is 1180. The maximum absolute atomic E-state index is 13.0. The van der Waals surface area contributed by atoms with Crippen LogP contribution in [0.1, 0.15) is 47.9 Å². The smallest absolute Gasteiger partial charge is 0.416 e. The van der Waals surface area contributed by atoms with E-state index in [-0.39, 0.29) is 17.7 Å². The van der Waals surface area contributed by atoms with Gasteiger partial charge in [0.1, 0.15) is 22.7 Å². The summed E-state index contributed by atoms with van der Waals surface area (Å²) in [7, 11) is 0. The highest BCUT2D eigenvalue weighted by Gasteiger charge is 2.32. The van der Waals surface area contributed by atoms with Crippen LogP contribution in [0.3, 0.4) is 0 Å². The number of carbonyl (C=O) groups is 1. The van der Waals surface area contributed by atoms with Gasteiger partial charge in [-0.3, -0.25) is 4.79 Å². The molecule has 3 aromatic heterocycles. The van der Waals surface area contributed by atoms with Gasteiger partial charge in [0, 0.05) is 12.4 Å². The summed E-state index contributed by atoms with van der Waals surface area (Å²) in [6.07, 6.45) is -0.257. The first-order valence-electron chi connectivity index (χ1n) is 10.8. The molecule has 3 aromatic rings. The van der Waals surface area contributed by atoms with E-state index in [9.17, 15) is 23.1 Å². The number of alkyl halides is 3. The highest BCUT2D eigenvalue weighted by molar-refractivity contribution is 7.15. The minimum atomic E-state index is -4.47. The summed E-state index contributed by atoms with van der Waals surface area (Å²) in [5.41, 5.74) is 0.596. The number of nitrogens with zero attached hydrogens (tertiary/aromatic N) is 3. The number of aliphatic hydroxyl groups excluding tert-OH is 1. The molecule has 1 fully saturated rings. The lowest BCUT2D eigenvalue weighted by Crippen LogP contribution is -2.24. The molecule has 0 aromatic carbocycles. The number of hydrogen-bond acceptors (Lipinski definition) is 7. The minimum Gasteiger partial charge on any atom is -0.481 e. The fraction of sp³-hybridized carbons (Fsp3) is 0.391. The van der Waals surface area contributed by atoms with Gasteiger partial charge >= 0.3 is 12.1 Å². The number of nitrogens with one attached hydrogen (secondary N) is 1. The zero-order valence-electron chi connectivity index (χ0n) is 18.2. The van der Waals surface area contributed by atoms with E-state index in [0.717, 1.165) is 23.9 Å². The largest absolute Gasteiger partial charge is 0.481 e. The van der Waals surface area contributed by atoms with Crippen LogP contribution in [0, 0.1) is 18.8 Å². The van der Waals surface area contributed by atoms with Gasteiger partial charge in [-0.05, 0) is 68.4 Å². The molecule has 1 atom stereocenters. The number of pyridine rings is 2. The van der Waals surface area contributed by atoms with Crippen LogP contribution in [-0.4, -0.2) is 31.1 Å². The zero-order chi connectivity index (χ0) is 24.5. The molecule has 1 saturated carbocycles. The molecule has 0 amide bonds. The van der Waals surface area contributed by atoms with E-state index in [1.54, 1.807) is 12.3 Å². The summed E-state index contributed by atoms with van der Waals surface area (Å²) < 4.78 is 39.0. The highest BCUT2D eigenvalue weighted by atomic mass is 32.1. The monoisotopic (exact) mass is 492 g/mol. The number of thiazole rings is 1. The van der Waals surface area contributed by atoms with Crippen LogP contribution in [0.2, 0.25) is 0 Å². The fourth-order valence-corrected chi connectivity index (χ4v) is 5.05. The molecule has 0 radical (unpaired) electrons. The van der Waals surface area contributed by atoms with E-state index in [1.807, 2.05) is 13.0 Å². The average molecular weight is 493 g/mol. The van der Waals surface area contributed by atoms with Crippen molar-refractivity contribution in [1.29, 1.82) is 0 Å². The Kier molecular flexibility index (Phi) is 6.85. The Morgan fingerprint density at radius 3 is 2.56 bits per heavy atom. The summed E-state index contributed by atoms with van der Waals surface area (Å²) >= 11 is 1.29. The van der Waals surface area contributed by atoms with E-state index in [4.69, 9.17) is 5.11 Å². The Morgan fingerprint density at radius 1 is 1.15 bits per heavy atom. The number of anilines is 2. The lowest BCUT2D eigenvalue weighted by Gasteiger charge is -2.28. The van der Waals surface area contributed by atoms with Crippen molar-refractivity contribution in [3.8, 4) is 10.6 Å². The average Bonchev–Trinajstić information content (AvgIpc) is 3.28. The van der Waals surface area contributed by atoms with Crippen molar-refractivity contribution < 1.29 is 28.2 Å². The van der Waals surface area contributed by atoms with E-state index >= 15 is 0 Å². The standard InChI is InChI=1S/C23H23F3N4O3S/c1-12-8-16(29-19(9-12)30-18-10-15(6-7-27-18)23(24,25)26)17-11-28-21(34-17)20(31)13-2-4-14(5-3-13)22(32)33/h6-11,13-14,20,31H,2-5H2,1H3,(H,32,33)(H,27,29,30). The highest BCUT2D eigenvalue weighted by Crippen LogP contribution is 2.39. The van der Waals surface area contributed by atoms with Gasteiger partial charge in [-0.2, -0.15) is 13.2 Å². The van der Waals surface area contributed by atoms with E-state index in [1.165, 1.54) is 11.3 Å². The van der Waals surface area contributed by atoms with Gasteiger partial charge in [-0.1, -0.05) is 0 Å². The predicted molar refractivity (Wildman–Crippen MR) is 121 cm³/mol. The van der Waals surface area contributed by atoms with Crippen molar-refractivity contribution in [3.05, 3.63) is 52.8 Å². The Balaban J connectivity index is 1.50. The van der Waals surface area contributed by atoms with Gasteiger partial charge in [-0.15, -0.1) is 11.3 Å². The zero-order valence-corrected chi connectivity index (χ0v) is 19.0. The van der Waals surface area contributed by atoms with Gasteiger partial charge < -0.3 is 15.5 Å². The molecule has 1 aliphatic rings. The summed E-state index contributed by atoms with van der Waals surface area (Å²) in [5, 5.41) is 23.3. The van der Waals surface area contributed by atoms with Crippen molar-refractivity contribution in [3.63, 3.8) is 0 Å². The molecule has 0 aliphatic heterocycles. The maximum Gasteiger partial charge on any atom is 0.416 e. The van der Waals surface area contributed by atoms with Crippen LogP contribution in [0.5, 0.6) is 0 Å². The molecule has 180 valence electrons. The Morgan fingerprint density at radius 2 is 1.88 bits per heavy atom. The number of rotatable bonds is 6. The number of halogens is 3. The predicted octanol–water partition coefficient (Wildman–Crippen LogP) is 5.60. The van der Waals surface area contributed by atoms with Crippen LogP contribution in [0.25, 0.3) is 10.6 Å². The molecule has 11 heteroatoms. The second-order valence-corrected chi connectivity index (χ2v) is 9.49. The van der Waals surface area contributed by atoms with E-state index < -0.39 is 23.8 Å². The SMILES string of the molecule is Cc1cc(Nc2cc(C(F)(F)F)ccn2)nc(-c2cnc(C(O)C3CCC(C(=O)O)CC3)s2)c1. The number of aryl methyl sites for hydroxylation is 1. The Labute approximate surface area is 197 Å². The molecule has 3 heterocycles. The summed E-state index contributed by atoms with van der Waals surface area (Å²) in [6.45, 7) is 1.84. The topological polar surface area (TPSA) is 108 Å². The first kappa shape index (κ1) is 24.1. The van der Waals surface area contributed by atoms with E-state index in [0.29, 0.717) is 47.1 Å². The van der Waals surface area contributed by atoms with Gasteiger partial charge in [0.15, 0.2) is 0 Å². The fourth-order valence-electron chi connectivity index (χ4n) is 4.09. The lowest BCUT2D eigenvalue weighted by molar-refractivity contribution is -0.143. The number of aliphatic hydroxyl groups is 1. The third-order valence-corrected chi connectivity index (χ3v) is 7.00. The number of carboxylic acids is 1. The second kappa shape index (κ2) is 9.67. The van der Waals surface area contributed by atoms with Gasteiger partial charge in [0.05, 0.1) is 22.1 Å². The first-order chi connectivity index (χ1) is 16.1. The van der Waals surface area contributed by atoms with E-state index in [2.05, 4.69) is 20.3 Å². The summed E-state index contributed by atoms with van der Waals surface area (Å²) in [6, 6.07) is 5.35. The molecule has 3 N–H and O–H groups in total. The second-order valence-electron chi connectivity index (χ2n) is 8.43. The molecule has 4 rings (SSSR count). The number of aliphatic carboxylic acids is 1. The molecule has 34 heavy (non-hydrogen) atoms. The minimum absolute atomic E-state index is 0.0243. The summed E-state index contributed by atoms with van der Waals surface area (Å²) in [4.78, 5) is 24.7. The van der Waals surface area contributed by atoms with Gasteiger partial charge in [-0.25, -0.2) is 15.0 Å². The molecule has 0 saturated heterocycles. The van der Waals surface area contributed by atoms with Crippen molar-refractivity contribution in [2.75, 3.05) is 5.32 Å². The van der Waals surface area contributed by atoms with Crippen LogP contribution in [0.4, 0.5) is 24.8 Å². The molecule has 0 bridgehead atoms. The van der Waals surface area contributed by atoms with Crippen LogP contribution < -0.4 is 5.32 Å². The third-order valence-electron chi connectivity index (χ3n) is 5.91. The van der Waals surface area contributed by atoms with Crippen molar-refractivity contribution >= 4 is 28.9 Å². The molecule has 7 nitrogen and oxygen atoms in total. The molecule has 0 spiro atoms. The van der Waals surface area contributed by atoms with Crippen molar-refractivity contribution in [2.45, 2.75) is 44.9 Å². The van der Waals surface area contributed by atoms with Crippen LogP contribution in [-0.2, 0) is 11.0 Å². The lowest BCUT2D eigenvalue weighted by atomic mass is 9.79. The quantitative estimate of drug-likeness (QED) is 0.411. The normalized spacial score (nSPS) is 19.6.